The summed E-state index contributed by atoms with van der Waals surface area (Å²) in [5.74, 6) is -1.71. The molecule has 19 heteroatoms. The third kappa shape index (κ3) is 14.7. The maximum absolute atomic E-state index is 14.7. The van der Waals surface area contributed by atoms with E-state index in [0.717, 1.165) is 19.3 Å². The maximum atomic E-state index is 14.7. The van der Waals surface area contributed by atoms with Gasteiger partial charge in [0.2, 0.25) is 18.5 Å². The van der Waals surface area contributed by atoms with E-state index in [9.17, 15) is 28.5 Å². The first-order chi connectivity index (χ1) is 29.1. The van der Waals surface area contributed by atoms with Crippen molar-refractivity contribution < 1.29 is 56.5 Å². The monoisotopic (exact) mass is 888 g/mol. The Morgan fingerprint density at radius 1 is 0.855 bits per heavy atom. The van der Waals surface area contributed by atoms with Crippen LogP contribution in [-0.4, -0.2) is 133 Å². The van der Waals surface area contributed by atoms with Crippen LogP contribution in [0.25, 0.3) is 11.4 Å². The molecule has 4 atom stereocenters. The number of unbranched alkanes of at least 4 members (excludes halogenated alkanes) is 1. The van der Waals surface area contributed by atoms with Crippen molar-refractivity contribution in [3.8, 4) is 11.4 Å². The second-order valence-corrected chi connectivity index (χ2v) is 19.6. The van der Waals surface area contributed by atoms with Crippen molar-refractivity contribution >= 4 is 43.3 Å². The molecule has 2 aliphatic heterocycles. The molecule has 1 aromatic heterocycles. The molecule has 0 spiro atoms. The quantitative estimate of drug-likeness (QED) is 0.0596. The molecular formula is C43H65N6O12P. The van der Waals surface area contributed by atoms with Crippen LogP contribution in [0.2, 0.25) is 0 Å². The normalized spacial score (nSPS) is 18.3. The zero-order valence-electron chi connectivity index (χ0n) is 37.8. The molecule has 0 aliphatic carbocycles. The number of carbonyl (C=O) groups is 5. The first-order valence-corrected chi connectivity index (χ1v) is 23.0. The fourth-order valence-electron chi connectivity index (χ4n) is 6.34. The summed E-state index contributed by atoms with van der Waals surface area (Å²) in [6, 6.07) is 9.40. The summed E-state index contributed by atoms with van der Waals surface area (Å²) in [5, 5.41) is 2.83. The van der Waals surface area contributed by atoms with Gasteiger partial charge in [-0.1, -0.05) is 43.7 Å². The van der Waals surface area contributed by atoms with Crippen LogP contribution in [0.5, 0.6) is 0 Å². The molecule has 0 radical (unpaired) electrons. The molecule has 1 aromatic carbocycles. The molecule has 344 valence electrons. The highest BCUT2D eigenvalue weighted by molar-refractivity contribution is 7.53. The Bertz CT molecular complexity index is 1860. The summed E-state index contributed by atoms with van der Waals surface area (Å²) in [4.78, 5) is 81.5. The van der Waals surface area contributed by atoms with Crippen LogP contribution in [-0.2, 0) is 46.9 Å². The van der Waals surface area contributed by atoms with Crippen LogP contribution in [0.4, 0.5) is 10.6 Å². The number of ether oxygens (including phenoxy) is 4. The predicted molar refractivity (Wildman–Crippen MR) is 230 cm³/mol. The minimum Gasteiger partial charge on any atom is -0.449 e. The van der Waals surface area contributed by atoms with Gasteiger partial charge in [-0.25, -0.2) is 14.8 Å². The van der Waals surface area contributed by atoms with Crippen molar-refractivity contribution in [1.82, 2.24) is 25.1 Å². The number of piperazine rings is 1. The van der Waals surface area contributed by atoms with Gasteiger partial charge in [0.1, 0.15) is 17.6 Å². The van der Waals surface area contributed by atoms with E-state index in [1.165, 1.54) is 23.6 Å². The van der Waals surface area contributed by atoms with E-state index in [0.29, 0.717) is 30.3 Å². The van der Waals surface area contributed by atoms with E-state index in [1.807, 2.05) is 42.2 Å². The van der Waals surface area contributed by atoms with Crippen LogP contribution in [0.15, 0.2) is 36.4 Å². The smallest absolute Gasteiger partial charge is 0.409 e. The van der Waals surface area contributed by atoms with E-state index < -0.39 is 73.1 Å². The Morgan fingerprint density at radius 3 is 1.97 bits per heavy atom. The number of nitrogens with one attached hydrogen (secondary N) is 1. The summed E-state index contributed by atoms with van der Waals surface area (Å²) in [5.41, 5.74) is -1.19. The SMILES string of the molecule is CCCCOC(=O)N1CCN(C(=O)C(CCP(=O)(OC(C)OC(=O)C(C)(C)C)OC(C)OC(=O)C(C)(C)C)NC(=O)c2cc(N3CCC(OC)C3)nc(-c3ccccc3)n2)CC1. The molecule has 4 unspecified atom stereocenters. The molecule has 2 aliphatic rings. The first-order valence-electron chi connectivity index (χ1n) is 21.2. The minimum atomic E-state index is -4.40. The van der Waals surface area contributed by atoms with Gasteiger partial charge in [-0.05, 0) is 74.7 Å². The van der Waals surface area contributed by atoms with Gasteiger partial charge in [-0.15, -0.1) is 0 Å². The molecule has 2 saturated heterocycles. The van der Waals surface area contributed by atoms with Crippen LogP contribution in [0.1, 0.15) is 98.5 Å². The van der Waals surface area contributed by atoms with Gasteiger partial charge in [0, 0.05) is 58.0 Å². The fraction of sp³-hybridized carbons (Fsp3) is 0.651. The highest BCUT2D eigenvalue weighted by Gasteiger charge is 2.39. The Labute approximate surface area is 365 Å². The summed E-state index contributed by atoms with van der Waals surface area (Å²) in [6.45, 7) is 16.7. The zero-order valence-corrected chi connectivity index (χ0v) is 38.7. The van der Waals surface area contributed by atoms with Gasteiger partial charge in [-0.2, -0.15) is 0 Å². The Morgan fingerprint density at radius 2 is 1.44 bits per heavy atom. The second-order valence-electron chi connectivity index (χ2n) is 17.5. The van der Waals surface area contributed by atoms with Gasteiger partial charge in [0.05, 0.1) is 29.7 Å². The average molecular weight is 889 g/mol. The topological polar surface area (TPSA) is 205 Å². The van der Waals surface area contributed by atoms with Crippen LogP contribution in [0, 0.1) is 10.8 Å². The number of aromatic nitrogens is 2. The van der Waals surface area contributed by atoms with Gasteiger partial charge in [0.25, 0.3) is 5.91 Å². The summed E-state index contributed by atoms with van der Waals surface area (Å²) < 4.78 is 48.1. The predicted octanol–water partition coefficient (Wildman–Crippen LogP) is 6.04. The van der Waals surface area contributed by atoms with Crippen molar-refractivity contribution in [2.24, 2.45) is 10.8 Å². The first kappa shape index (κ1) is 50.0. The summed E-state index contributed by atoms with van der Waals surface area (Å²) in [7, 11) is -2.76. The second kappa shape index (κ2) is 22.1. The van der Waals surface area contributed by atoms with E-state index >= 15 is 0 Å². The van der Waals surface area contributed by atoms with Crippen molar-refractivity contribution in [1.29, 1.82) is 0 Å². The van der Waals surface area contributed by atoms with Gasteiger partial charge in [-0.3, -0.25) is 32.8 Å². The van der Waals surface area contributed by atoms with Crippen LogP contribution >= 0.6 is 7.60 Å². The standard InChI is InChI=1S/C43H65N6O12P/c1-11-12-25-57-41(54)48-23-21-47(22-24-48)38(51)33(19-26-62(55,60-29(2)58-39(52)42(4,5)6)61-30(3)59-40(53)43(7,8)9)45-37(50)34-27-35(49-20-18-32(28-49)56-10)46-36(44-34)31-16-14-13-15-17-31/h13-17,27,29-30,32-33H,11-12,18-26,28H2,1-10H3,(H,45,50). The Balaban J connectivity index is 1.66. The van der Waals surface area contributed by atoms with E-state index in [4.69, 9.17) is 33.0 Å². The maximum Gasteiger partial charge on any atom is 0.409 e. The number of methoxy groups -OCH3 is 1. The fourth-order valence-corrected chi connectivity index (χ4v) is 8.17. The van der Waals surface area contributed by atoms with Gasteiger partial charge >= 0.3 is 25.6 Å². The molecule has 0 bridgehead atoms. The number of amides is 3. The van der Waals surface area contributed by atoms with Crippen LogP contribution < -0.4 is 10.2 Å². The molecule has 4 rings (SSSR count). The van der Waals surface area contributed by atoms with E-state index in [-0.39, 0.29) is 51.0 Å². The van der Waals surface area contributed by atoms with Gasteiger partial charge < -0.3 is 39.0 Å². The van der Waals surface area contributed by atoms with Crippen molar-refractivity contribution in [2.45, 2.75) is 113 Å². The number of hydrogen-bond acceptors (Lipinski definition) is 15. The molecular weight excluding hydrogens is 823 g/mol. The van der Waals surface area contributed by atoms with Crippen LogP contribution in [0.3, 0.4) is 0 Å². The Hall–Kier alpha value is -4.64. The van der Waals surface area contributed by atoms with Gasteiger partial charge in [0.15, 0.2) is 5.82 Å². The minimum absolute atomic E-state index is 0.0201. The molecule has 0 saturated carbocycles. The lowest BCUT2D eigenvalue weighted by Crippen LogP contribution is -2.56. The lowest BCUT2D eigenvalue weighted by atomic mass is 9.97. The number of hydrogen-bond donors (Lipinski definition) is 1. The van der Waals surface area contributed by atoms with Crippen molar-refractivity contribution in [2.75, 3.05) is 64.0 Å². The lowest BCUT2D eigenvalue weighted by molar-refractivity contribution is -0.176. The highest BCUT2D eigenvalue weighted by atomic mass is 31.2. The number of rotatable bonds is 18. The number of esters is 2. The summed E-state index contributed by atoms with van der Waals surface area (Å²) in [6.07, 6.45) is -1.70. The molecule has 2 fully saturated rings. The largest absolute Gasteiger partial charge is 0.449 e. The lowest BCUT2D eigenvalue weighted by Gasteiger charge is -2.36. The third-order valence-electron chi connectivity index (χ3n) is 10.0. The van der Waals surface area contributed by atoms with E-state index in [1.54, 1.807) is 54.7 Å². The molecule has 1 N–H and O–H groups in total. The summed E-state index contributed by atoms with van der Waals surface area (Å²) >= 11 is 0. The Kier molecular flexibility index (Phi) is 17.8. The number of carbonyl (C=O) groups excluding carboxylic acids is 5. The molecule has 3 heterocycles. The molecule has 62 heavy (non-hydrogen) atoms. The molecule has 18 nitrogen and oxygen atoms in total. The molecule has 3 amide bonds. The third-order valence-corrected chi connectivity index (χ3v) is 12.1. The van der Waals surface area contributed by atoms with E-state index in [2.05, 4.69) is 10.3 Å². The number of anilines is 1. The van der Waals surface area contributed by atoms with Crippen molar-refractivity contribution in [3.05, 3.63) is 42.1 Å². The average Bonchev–Trinajstić information content (AvgIpc) is 3.71. The number of benzene rings is 1. The molecule has 2 aromatic rings. The highest BCUT2D eigenvalue weighted by Crippen LogP contribution is 2.52. The van der Waals surface area contributed by atoms with Crippen molar-refractivity contribution in [3.63, 3.8) is 0 Å². The number of nitrogens with zero attached hydrogens (tertiary/aromatic N) is 5. The zero-order chi connectivity index (χ0) is 45.8.